The molecule has 82 valence electrons. The lowest BCUT2D eigenvalue weighted by Crippen LogP contribution is -2.20. The number of rotatable bonds is 2. The van der Waals surface area contributed by atoms with Gasteiger partial charge < -0.3 is 11.1 Å². The number of carbonyl (C=O) groups excluding carboxylic acids is 1. The Bertz CT molecular complexity index is 491. The molecule has 2 heterocycles. The molecule has 1 amide bonds. The zero-order chi connectivity index (χ0) is 11.5. The first kappa shape index (κ1) is 10.4. The van der Waals surface area contributed by atoms with Crippen LogP contribution in [0, 0.1) is 0 Å². The molecule has 0 spiro atoms. The number of aliphatic imine (C=N–C) groups is 1. The number of amides is 1. The maximum atomic E-state index is 11.5. The lowest BCUT2D eigenvalue weighted by atomic mass is 10.1. The van der Waals surface area contributed by atoms with Crippen LogP contribution in [0.1, 0.15) is 15.9 Å². The standard InChI is InChI=1S/C11H12N4O/c1-13-11(16)9-4-8(6-15-10(9)12)7-2-3-14-5-7/h2,4-6H,3H2,1H3,(H2,12,15)(H,13,16). The molecule has 0 aliphatic carbocycles. The predicted molar refractivity (Wildman–Crippen MR) is 63.4 cm³/mol. The van der Waals surface area contributed by atoms with Crippen molar-refractivity contribution in [3.05, 3.63) is 29.5 Å². The highest BCUT2D eigenvalue weighted by atomic mass is 16.1. The van der Waals surface area contributed by atoms with Gasteiger partial charge in [0.15, 0.2) is 0 Å². The number of nitrogens with zero attached hydrogens (tertiary/aromatic N) is 2. The normalized spacial score (nSPS) is 13.7. The monoisotopic (exact) mass is 216 g/mol. The van der Waals surface area contributed by atoms with E-state index in [9.17, 15) is 4.79 Å². The summed E-state index contributed by atoms with van der Waals surface area (Å²) >= 11 is 0. The molecular weight excluding hydrogens is 204 g/mol. The number of carbonyl (C=O) groups is 1. The Morgan fingerprint density at radius 1 is 1.56 bits per heavy atom. The van der Waals surface area contributed by atoms with E-state index in [0.717, 1.165) is 11.1 Å². The molecule has 0 radical (unpaired) electrons. The molecule has 0 unspecified atom stereocenters. The Labute approximate surface area is 93.1 Å². The maximum Gasteiger partial charge on any atom is 0.254 e. The number of hydrogen-bond donors (Lipinski definition) is 2. The SMILES string of the molecule is CNC(=O)c1cc(C2=CCN=C2)cnc1N. The van der Waals surface area contributed by atoms with Crippen LogP contribution in [-0.4, -0.2) is 30.7 Å². The number of pyridine rings is 1. The van der Waals surface area contributed by atoms with Gasteiger partial charge in [-0.2, -0.15) is 0 Å². The van der Waals surface area contributed by atoms with Gasteiger partial charge in [-0.05, 0) is 11.6 Å². The van der Waals surface area contributed by atoms with Crippen molar-refractivity contribution >= 4 is 23.5 Å². The van der Waals surface area contributed by atoms with Crippen LogP contribution in [0.5, 0.6) is 0 Å². The fourth-order valence-electron chi connectivity index (χ4n) is 1.50. The van der Waals surface area contributed by atoms with Gasteiger partial charge in [-0.3, -0.25) is 9.79 Å². The van der Waals surface area contributed by atoms with Gasteiger partial charge in [-0.1, -0.05) is 6.08 Å². The molecule has 0 atom stereocenters. The molecule has 0 fully saturated rings. The molecule has 1 aromatic heterocycles. The molecule has 1 aromatic rings. The minimum Gasteiger partial charge on any atom is -0.383 e. The molecule has 0 saturated carbocycles. The predicted octanol–water partition coefficient (Wildman–Crippen LogP) is 0.491. The number of nitrogen functional groups attached to an aromatic ring is 1. The van der Waals surface area contributed by atoms with E-state index in [4.69, 9.17) is 5.73 Å². The molecular formula is C11H12N4O. The van der Waals surface area contributed by atoms with E-state index in [-0.39, 0.29) is 11.7 Å². The highest BCUT2D eigenvalue weighted by molar-refractivity contribution is 6.12. The first-order valence-electron chi connectivity index (χ1n) is 4.90. The van der Waals surface area contributed by atoms with Crippen molar-refractivity contribution in [2.45, 2.75) is 0 Å². The van der Waals surface area contributed by atoms with Crippen LogP contribution in [0.2, 0.25) is 0 Å². The largest absolute Gasteiger partial charge is 0.383 e. The van der Waals surface area contributed by atoms with E-state index in [1.807, 2.05) is 6.08 Å². The summed E-state index contributed by atoms with van der Waals surface area (Å²) in [6.45, 7) is 0.676. The van der Waals surface area contributed by atoms with Crippen LogP contribution >= 0.6 is 0 Å². The van der Waals surface area contributed by atoms with Crippen molar-refractivity contribution in [1.82, 2.24) is 10.3 Å². The zero-order valence-electron chi connectivity index (χ0n) is 8.90. The average molecular weight is 216 g/mol. The Balaban J connectivity index is 2.43. The summed E-state index contributed by atoms with van der Waals surface area (Å²) in [7, 11) is 1.56. The summed E-state index contributed by atoms with van der Waals surface area (Å²) in [4.78, 5) is 19.6. The van der Waals surface area contributed by atoms with Crippen molar-refractivity contribution in [2.24, 2.45) is 4.99 Å². The van der Waals surface area contributed by atoms with Crippen molar-refractivity contribution in [3.8, 4) is 0 Å². The third kappa shape index (κ3) is 1.79. The number of nitrogens with one attached hydrogen (secondary N) is 1. The van der Waals surface area contributed by atoms with E-state index in [0.29, 0.717) is 12.1 Å². The van der Waals surface area contributed by atoms with E-state index in [2.05, 4.69) is 15.3 Å². The maximum absolute atomic E-state index is 11.5. The van der Waals surface area contributed by atoms with Gasteiger partial charge in [0, 0.05) is 25.0 Å². The van der Waals surface area contributed by atoms with E-state index in [1.54, 1.807) is 25.5 Å². The van der Waals surface area contributed by atoms with Gasteiger partial charge in [0.05, 0.1) is 12.1 Å². The Hall–Kier alpha value is -2.17. The second kappa shape index (κ2) is 4.14. The highest BCUT2D eigenvalue weighted by Gasteiger charge is 2.12. The number of nitrogens with two attached hydrogens (primary N) is 1. The molecule has 0 aromatic carbocycles. The van der Waals surface area contributed by atoms with Crippen LogP contribution in [0.25, 0.3) is 5.57 Å². The smallest absolute Gasteiger partial charge is 0.254 e. The molecule has 0 bridgehead atoms. The topological polar surface area (TPSA) is 80.4 Å². The Kier molecular flexibility index (Phi) is 2.68. The molecule has 16 heavy (non-hydrogen) atoms. The first-order chi connectivity index (χ1) is 7.72. The van der Waals surface area contributed by atoms with Gasteiger partial charge in [0.1, 0.15) is 5.82 Å². The fraction of sp³-hybridized carbons (Fsp3) is 0.182. The molecule has 1 aliphatic heterocycles. The summed E-state index contributed by atoms with van der Waals surface area (Å²) in [5, 5.41) is 2.53. The summed E-state index contributed by atoms with van der Waals surface area (Å²) in [5.41, 5.74) is 7.86. The van der Waals surface area contributed by atoms with Crippen LogP contribution in [0.4, 0.5) is 5.82 Å². The number of anilines is 1. The zero-order valence-corrected chi connectivity index (χ0v) is 8.90. The van der Waals surface area contributed by atoms with Gasteiger partial charge in [0.25, 0.3) is 5.91 Å². The molecule has 2 rings (SSSR count). The number of aromatic nitrogens is 1. The lowest BCUT2D eigenvalue weighted by molar-refractivity contribution is 0.0963. The summed E-state index contributed by atoms with van der Waals surface area (Å²) < 4.78 is 0. The average Bonchev–Trinajstić information content (AvgIpc) is 2.82. The number of allylic oxidation sites excluding steroid dienone is 1. The molecule has 3 N–H and O–H groups in total. The third-order valence-corrected chi connectivity index (χ3v) is 2.37. The highest BCUT2D eigenvalue weighted by Crippen LogP contribution is 2.18. The van der Waals surface area contributed by atoms with Crippen LogP contribution < -0.4 is 11.1 Å². The second-order valence-electron chi connectivity index (χ2n) is 3.39. The van der Waals surface area contributed by atoms with Crippen LogP contribution in [-0.2, 0) is 0 Å². The van der Waals surface area contributed by atoms with Gasteiger partial charge in [-0.25, -0.2) is 4.98 Å². The van der Waals surface area contributed by atoms with E-state index < -0.39 is 0 Å². The molecule has 0 saturated heterocycles. The van der Waals surface area contributed by atoms with Gasteiger partial charge in [-0.15, -0.1) is 0 Å². The van der Waals surface area contributed by atoms with E-state index in [1.165, 1.54) is 0 Å². The van der Waals surface area contributed by atoms with Gasteiger partial charge in [0.2, 0.25) is 0 Å². The van der Waals surface area contributed by atoms with Gasteiger partial charge >= 0.3 is 0 Å². The minimum atomic E-state index is -0.234. The van der Waals surface area contributed by atoms with Crippen molar-refractivity contribution in [3.63, 3.8) is 0 Å². The molecule has 5 nitrogen and oxygen atoms in total. The lowest BCUT2D eigenvalue weighted by Gasteiger charge is -2.06. The first-order valence-corrected chi connectivity index (χ1v) is 4.90. The quantitative estimate of drug-likeness (QED) is 0.755. The fourth-order valence-corrected chi connectivity index (χ4v) is 1.50. The summed E-state index contributed by atoms with van der Waals surface area (Å²) in [6, 6.07) is 1.73. The minimum absolute atomic E-state index is 0.234. The molecule has 1 aliphatic rings. The van der Waals surface area contributed by atoms with Crippen LogP contribution in [0.3, 0.4) is 0 Å². The Morgan fingerprint density at radius 3 is 3.00 bits per heavy atom. The summed E-state index contributed by atoms with van der Waals surface area (Å²) in [6.07, 6.45) is 5.38. The third-order valence-electron chi connectivity index (χ3n) is 2.37. The van der Waals surface area contributed by atoms with Crippen molar-refractivity contribution in [2.75, 3.05) is 19.3 Å². The van der Waals surface area contributed by atoms with Crippen molar-refractivity contribution in [1.29, 1.82) is 0 Å². The van der Waals surface area contributed by atoms with Crippen molar-refractivity contribution < 1.29 is 4.79 Å². The second-order valence-corrected chi connectivity index (χ2v) is 3.39. The number of hydrogen-bond acceptors (Lipinski definition) is 4. The molecule has 5 heteroatoms. The van der Waals surface area contributed by atoms with E-state index >= 15 is 0 Å². The summed E-state index contributed by atoms with van der Waals surface area (Å²) in [5.74, 6) is 0.000946. The Morgan fingerprint density at radius 2 is 2.38 bits per heavy atom. The van der Waals surface area contributed by atoms with Crippen LogP contribution in [0.15, 0.2) is 23.3 Å².